The van der Waals surface area contributed by atoms with Crippen LogP contribution in [0.1, 0.15) is 77.6 Å². The van der Waals surface area contributed by atoms with E-state index >= 15 is 0 Å². The van der Waals surface area contributed by atoms with Crippen molar-refractivity contribution in [3.05, 3.63) is 156 Å². The molecule has 0 bridgehead atoms. The van der Waals surface area contributed by atoms with Gasteiger partial charge in [-0.1, -0.05) is 165 Å². The summed E-state index contributed by atoms with van der Waals surface area (Å²) < 4.78 is 0. The highest BCUT2D eigenvalue weighted by Crippen LogP contribution is 2.46. The van der Waals surface area contributed by atoms with Crippen LogP contribution in [0.3, 0.4) is 0 Å². The van der Waals surface area contributed by atoms with Crippen molar-refractivity contribution >= 4 is 86.2 Å². The van der Waals surface area contributed by atoms with Crippen LogP contribution in [-0.4, -0.2) is 0 Å². The number of rotatable bonds is 2. The molecule has 1 aliphatic carbocycles. The van der Waals surface area contributed by atoms with Crippen molar-refractivity contribution in [2.75, 3.05) is 0 Å². The summed E-state index contributed by atoms with van der Waals surface area (Å²) in [5.74, 6) is 0. The van der Waals surface area contributed by atoms with E-state index in [1.165, 1.54) is 131 Å². The highest BCUT2D eigenvalue weighted by molar-refractivity contribution is 6.28. The molecule has 0 nitrogen and oxygen atoms in total. The Bertz CT molecular complexity index is 3380. The van der Waals surface area contributed by atoms with Gasteiger partial charge >= 0.3 is 0 Å². The van der Waals surface area contributed by atoms with Crippen molar-refractivity contribution in [3.8, 4) is 22.3 Å². The van der Waals surface area contributed by atoms with Gasteiger partial charge in [0.2, 0.25) is 0 Å². The van der Waals surface area contributed by atoms with E-state index < -0.39 is 0 Å². The lowest BCUT2D eigenvalue weighted by Gasteiger charge is -2.25. The summed E-state index contributed by atoms with van der Waals surface area (Å²) in [4.78, 5) is 0. The summed E-state index contributed by atoms with van der Waals surface area (Å²) in [5.41, 5.74) is 11.2. The Kier molecular flexibility index (Phi) is 7.44. The lowest BCUT2D eigenvalue weighted by molar-refractivity contribution is 0.590. The zero-order chi connectivity index (χ0) is 39.8. The lowest BCUT2D eigenvalue weighted by atomic mass is 9.79. The molecule has 0 saturated heterocycles. The topological polar surface area (TPSA) is 0 Å². The Morgan fingerprint density at radius 3 is 1.19 bits per heavy atom. The van der Waals surface area contributed by atoms with E-state index in [4.69, 9.17) is 0 Å². The second-order valence-corrected chi connectivity index (χ2v) is 18.9. The van der Waals surface area contributed by atoms with Crippen molar-refractivity contribution in [3.63, 3.8) is 0 Å². The molecule has 0 aliphatic heterocycles. The molecule has 0 heterocycles. The van der Waals surface area contributed by atoms with Crippen LogP contribution in [0.25, 0.3) is 108 Å². The van der Waals surface area contributed by atoms with Crippen LogP contribution < -0.4 is 0 Å². The first-order valence-electron chi connectivity index (χ1n) is 21.5. The normalized spacial score (nSPS) is 13.4. The summed E-state index contributed by atoms with van der Waals surface area (Å²) in [6.07, 6.45) is 2.22. The van der Waals surface area contributed by atoms with Crippen molar-refractivity contribution < 1.29 is 0 Å². The zero-order valence-corrected chi connectivity index (χ0v) is 35.1. The number of hydrogen-bond acceptors (Lipinski definition) is 0. The van der Waals surface area contributed by atoms with E-state index in [0.717, 1.165) is 12.8 Å². The Balaban J connectivity index is 0.00000190. The molecule has 0 saturated carbocycles. The molecule has 0 amide bonds. The fraction of sp³-hybridized carbons (Fsp3) is 0.207. The SMILES string of the molecule is CC.CC(C)(C)c1cc2c3c(ccc4c(-c5cc6ccc7cc(-c8ccc9ccc%10cc(C(C)(C)C)cc%11ccc8c9c%10%11)cc8ccc(c5)c6c78)ccc(c43)CC2)c1. The minimum absolute atomic E-state index is 0.101. The summed E-state index contributed by atoms with van der Waals surface area (Å²) in [6.45, 7) is 17.9. The second kappa shape index (κ2) is 12.3. The average molecular weight is 747 g/mol. The second-order valence-electron chi connectivity index (χ2n) is 18.9. The van der Waals surface area contributed by atoms with Crippen molar-refractivity contribution in [1.29, 1.82) is 0 Å². The van der Waals surface area contributed by atoms with Gasteiger partial charge in [-0.05, 0) is 179 Å². The first-order valence-corrected chi connectivity index (χ1v) is 21.5. The van der Waals surface area contributed by atoms with Gasteiger partial charge in [-0.15, -0.1) is 0 Å². The maximum atomic E-state index is 2.49. The van der Waals surface area contributed by atoms with Crippen LogP contribution in [0, 0.1) is 0 Å². The van der Waals surface area contributed by atoms with Crippen LogP contribution in [0.2, 0.25) is 0 Å². The molecule has 12 rings (SSSR count). The van der Waals surface area contributed by atoms with E-state index in [1.807, 2.05) is 13.8 Å². The minimum atomic E-state index is 0.101. The van der Waals surface area contributed by atoms with Gasteiger partial charge in [0.05, 0.1) is 0 Å². The predicted octanol–water partition coefficient (Wildman–Crippen LogP) is 16.8. The molecule has 11 aromatic rings. The number of hydrogen-bond donors (Lipinski definition) is 0. The van der Waals surface area contributed by atoms with Gasteiger partial charge in [0.25, 0.3) is 0 Å². The van der Waals surface area contributed by atoms with Crippen LogP contribution in [0.15, 0.2) is 133 Å². The summed E-state index contributed by atoms with van der Waals surface area (Å²) in [5, 5.41) is 21.7. The number of aryl methyl sites for hydroxylation is 2. The van der Waals surface area contributed by atoms with Crippen molar-refractivity contribution in [1.82, 2.24) is 0 Å². The Hall–Kier alpha value is -5.98. The fourth-order valence-electron chi connectivity index (χ4n) is 10.5. The van der Waals surface area contributed by atoms with Crippen LogP contribution in [-0.2, 0) is 23.7 Å². The maximum Gasteiger partial charge on any atom is -0.00206 e. The first-order chi connectivity index (χ1) is 28.0. The highest BCUT2D eigenvalue weighted by Gasteiger charge is 2.23. The fourth-order valence-corrected chi connectivity index (χ4v) is 10.5. The molecule has 282 valence electrons. The smallest absolute Gasteiger partial charge is 0.00206 e. The summed E-state index contributed by atoms with van der Waals surface area (Å²) in [7, 11) is 0. The van der Waals surface area contributed by atoms with E-state index in [-0.39, 0.29) is 10.8 Å². The molecular formula is C58H50. The molecule has 0 radical (unpaired) electrons. The van der Waals surface area contributed by atoms with Gasteiger partial charge in [0.15, 0.2) is 0 Å². The van der Waals surface area contributed by atoms with Crippen LogP contribution in [0.5, 0.6) is 0 Å². The Morgan fingerprint density at radius 2 is 0.672 bits per heavy atom. The molecule has 0 N–H and O–H groups in total. The molecule has 0 unspecified atom stereocenters. The predicted molar refractivity (Wildman–Crippen MR) is 256 cm³/mol. The van der Waals surface area contributed by atoms with E-state index in [0.29, 0.717) is 0 Å². The molecule has 58 heavy (non-hydrogen) atoms. The standard InChI is InChI=1S/C56H44.C2H6/c1-55(2,3)43-27-37-9-7-31-15-19-45(47-21-17-39(29-43)51(37)53(31)47)41-23-33-11-13-35-25-42(26-36-14-12-34(24-41)49(33)50(35)36)46-20-16-32-8-10-38-28-44(56(4,5)6)30-40-18-22-48(46)54(32)52(38)40;1-2/h7,9,11-30H,8,10H2,1-6H3;1-2H3. The molecule has 0 atom stereocenters. The molecule has 0 fully saturated rings. The number of benzene rings is 11. The molecule has 0 aromatic heterocycles. The van der Waals surface area contributed by atoms with E-state index in [2.05, 4.69) is 175 Å². The molecule has 0 heteroatoms. The van der Waals surface area contributed by atoms with Gasteiger partial charge in [-0.2, -0.15) is 0 Å². The Labute approximate surface area is 341 Å². The van der Waals surface area contributed by atoms with Crippen molar-refractivity contribution in [2.45, 2.75) is 79.1 Å². The van der Waals surface area contributed by atoms with Gasteiger partial charge in [-0.3, -0.25) is 0 Å². The van der Waals surface area contributed by atoms with Gasteiger partial charge < -0.3 is 0 Å². The first kappa shape index (κ1) is 35.2. The molecule has 1 aliphatic rings. The molecular weight excluding hydrogens is 697 g/mol. The van der Waals surface area contributed by atoms with Crippen LogP contribution >= 0.6 is 0 Å². The third-order valence-corrected chi connectivity index (χ3v) is 13.4. The molecule has 11 aromatic carbocycles. The monoisotopic (exact) mass is 746 g/mol. The van der Waals surface area contributed by atoms with E-state index in [9.17, 15) is 0 Å². The highest BCUT2D eigenvalue weighted by atomic mass is 14.3. The van der Waals surface area contributed by atoms with E-state index in [1.54, 1.807) is 0 Å². The lowest BCUT2D eigenvalue weighted by Crippen LogP contribution is -2.13. The van der Waals surface area contributed by atoms with Gasteiger partial charge in [0, 0.05) is 0 Å². The maximum absolute atomic E-state index is 2.49. The quantitative estimate of drug-likeness (QED) is 0.155. The third kappa shape index (κ3) is 5.07. The minimum Gasteiger partial charge on any atom is -0.0683 e. The summed E-state index contributed by atoms with van der Waals surface area (Å²) in [6, 6.07) is 52.5. The van der Waals surface area contributed by atoms with Gasteiger partial charge in [-0.25, -0.2) is 0 Å². The van der Waals surface area contributed by atoms with Gasteiger partial charge in [0.1, 0.15) is 0 Å². The average Bonchev–Trinajstić information content (AvgIpc) is 3.23. The largest absolute Gasteiger partial charge is 0.0683 e. The van der Waals surface area contributed by atoms with Crippen molar-refractivity contribution in [2.24, 2.45) is 0 Å². The summed E-state index contributed by atoms with van der Waals surface area (Å²) >= 11 is 0. The zero-order valence-electron chi connectivity index (χ0n) is 35.1. The molecule has 0 spiro atoms. The Morgan fingerprint density at radius 1 is 0.310 bits per heavy atom. The van der Waals surface area contributed by atoms with Crippen LogP contribution in [0.4, 0.5) is 0 Å². The third-order valence-electron chi connectivity index (χ3n) is 13.4.